The van der Waals surface area contributed by atoms with E-state index in [9.17, 15) is 0 Å². The summed E-state index contributed by atoms with van der Waals surface area (Å²) < 4.78 is 0. The van der Waals surface area contributed by atoms with Crippen LogP contribution in [-0.4, -0.2) is 0 Å². The molecule has 0 aliphatic heterocycles. The lowest BCUT2D eigenvalue weighted by Crippen LogP contribution is -2.31. The molecular weight excluding hydrogens is 132 g/mol. The second-order valence-electron chi connectivity index (χ2n) is 4.51. The quantitative estimate of drug-likeness (QED) is 0.463. The summed E-state index contributed by atoms with van der Waals surface area (Å²) in [5.41, 5.74) is 0.688. The van der Waals surface area contributed by atoms with Crippen LogP contribution in [0.3, 0.4) is 0 Å². The Kier molecular flexibility index (Phi) is 1.78. The summed E-state index contributed by atoms with van der Waals surface area (Å²) in [6.07, 6.45) is 13.4. The molecular formula is C11H18. The van der Waals surface area contributed by atoms with Gasteiger partial charge in [0.1, 0.15) is 0 Å². The van der Waals surface area contributed by atoms with Crippen molar-refractivity contribution in [3.8, 4) is 0 Å². The fourth-order valence-electron chi connectivity index (χ4n) is 2.76. The second kappa shape index (κ2) is 2.66. The van der Waals surface area contributed by atoms with Crippen LogP contribution in [0.1, 0.15) is 45.4 Å². The standard InChI is InChI=1S/C11H18/c1-11-8-4-2-6-10(11)7-3-5-9-11/h2,4,10H,3,5-9H2,1H3/t10-,11+/m1/s1. The molecule has 2 atom stereocenters. The first-order valence-corrected chi connectivity index (χ1v) is 4.96. The Morgan fingerprint density at radius 2 is 2.18 bits per heavy atom. The molecule has 0 heteroatoms. The predicted octanol–water partition coefficient (Wildman–Crippen LogP) is 3.53. The first kappa shape index (κ1) is 7.39. The number of hydrogen-bond donors (Lipinski definition) is 0. The van der Waals surface area contributed by atoms with Crippen LogP contribution >= 0.6 is 0 Å². The number of allylic oxidation sites excluding steroid dienone is 2. The van der Waals surface area contributed by atoms with Gasteiger partial charge < -0.3 is 0 Å². The van der Waals surface area contributed by atoms with Crippen molar-refractivity contribution < 1.29 is 0 Å². The molecule has 11 heavy (non-hydrogen) atoms. The summed E-state index contributed by atoms with van der Waals surface area (Å²) in [5, 5.41) is 0. The van der Waals surface area contributed by atoms with E-state index in [4.69, 9.17) is 0 Å². The minimum absolute atomic E-state index is 0.688. The summed E-state index contributed by atoms with van der Waals surface area (Å²) in [6.45, 7) is 2.49. The summed E-state index contributed by atoms with van der Waals surface area (Å²) in [7, 11) is 0. The Balaban J connectivity index is 2.15. The molecule has 0 saturated heterocycles. The zero-order valence-electron chi connectivity index (χ0n) is 7.47. The lowest BCUT2D eigenvalue weighted by atomic mass is 9.63. The van der Waals surface area contributed by atoms with E-state index in [1.54, 1.807) is 0 Å². The zero-order valence-corrected chi connectivity index (χ0v) is 7.47. The van der Waals surface area contributed by atoms with Crippen molar-refractivity contribution in [2.24, 2.45) is 11.3 Å². The third-order valence-electron chi connectivity index (χ3n) is 3.71. The van der Waals surface area contributed by atoms with Crippen LogP contribution < -0.4 is 0 Å². The maximum Gasteiger partial charge on any atom is -0.0260 e. The molecule has 0 nitrogen and oxygen atoms in total. The summed E-state index contributed by atoms with van der Waals surface area (Å²) in [5.74, 6) is 1.02. The molecule has 0 amide bonds. The molecule has 0 bridgehead atoms. The first-order chi connectivity index (χ1) is 5.31. The number of rotatable bonds is 0. The van der Waals surface area contributed by atoms with Crippen molar-refractivity contribution in [2.45, 2.75) is 45.4 Å². The molecule has 1 fully saturated rings. The minimum Gasteiger partial charge on any atom is -0.0882 e. The van der Waals surface area contributed by atoms with Crippen molar-refractivity contribution in [1.82, 2.24) is 0 Å². The Bertz CT molecular complexity index is 169. The Labute approximate surface area is 69.7 Å². The van der Waals surface area contributed by atoms with E-state index in [-0.39, 0.29) is 0 Å². The van der Waals surface area contributed by atoms with Crippen molar-refractivity contribution in [3.05, 3.63) is 12.2 Å². The summed E-state index contributed by atoms with van der Waals surface area (Å²) in [6, 6.07) is 0. The highest BCUT2D eigenvalue weighted by molar-refractivity contribution is 5.01. The highest BCUT2D eigenvalue weighted by Crippen LogP contribution is 2.47. The predicted molar refractivity (Wildman–Crippen MR) is 48.4 cm³/mol. The fraction of sp³-hybridized carbons (Fsp3) is 0.818. The fourth-order valence-corrected chi connectivity index (χ4v) is 2.76. The molecule has 62 valence electrons. The summed E-state index contributed by atoms with van der Waals surface area (Å²) >= 11 is 0. The Morgan fingerprint density at radius 3 is 3.00 bits per heavy atom. The molecule has 0 aromatic rings. The van der Waals surface area contributed by atoms with Gasteiger partial charge in [0, 0.05) is 0 Å². The molecule has 0 heterocycles. The van der Waals surface area contributed by atoms with Gasteiger partial charge in [-0.15, -0.1) is 0 Å². The monoisotopic (exact) mass is 150 g/mol. The van der Waals surface area contributed by atoms with Crippen LogP contribution in [0.25, 0.3) is 0 Å². The van der Waals surface area contributed by atoms with Gasteiger partial charge in [-0.3, -0.25) is 0 Å². The first-order valence-electron chi connectivity index (χ1n) is 4.96. The van der Waals surface area contributed by atoms with Crippen LogP contribution in [-0.2, 0) is 0 Å². The van der Waals surface area contributed by atoms with Crippen LogP contribution in [0.4, 0.5) is 0 Å². The van der Waals surface area contributed by atoms with E-state index in [0.29, 0.717) is 5.41 Å². The molecule has 0 N–H and O–H groups in total. The Hall–Kier alpha value is -0.260. The van der Waals surface area contributed by atoms with Gasteiger partial charge in [0.2, 0.25) is 0 Å². The van der Waals surface area contributed by atoms with Gasteiger partial charge in [-0.25, -0.2) is 0 Å². The Morgan fingerprint density at radius 1 is 1.27 bits per heavy atom. The maximum atomic E-state index is 2.49. The molecule has 0 radical (unpaired) electrons. The molecule has 0 spiro atoms. The highest BCUT2D eigenvalue weighted by atomic mass is 14.4. The van der Waals surface area contributed by atoms with Gasteiger partial charge in [-0.1, -0.05) is 31.9 Å². The van der Waals surface area contributed by atoms with Crippen LogP contribution in [0, 0.1) is 11.3 Å². The van der Waals surface area contributed by atoms with Crippen molar-refractivity contribution in [1.29, 1.82) is 0 Å². The highest BCUT2D eigenvalue weighted by Gasteiger charge is 2.35. The molecule has 1 saturated carbocycles. The van der Waals surface area contributed by atoms with Crippen LogP contribution in [0.5, 0.6) is 0 Å². The third kappa shape index (κ3) is 1.23. The topological polar surface area (TPSA) is 0 Å². The normalized spacial score (nSPS) is 43.5. The number of fused-ring (bicyclic) bond motifs is 1. The van der Waals surface area contributed by atoms with Crippen molar-refractivity contribution in [3.63, 3.8) is 0 Å². The maximum absolute atomic E-state index is 2.49. The summed E-state index contributed by atoms with van der Waals surface area (Å²) in [4.78, 5) is 0. The van der Waals surface area contributed by atoms with Gasteiger partial charge in [-0.2, -0.15) is 0 Å². The van der Waals surface area contributed by atoms with E-state index >= 15 is 0 Å². The minimum atomic E-state index is 0.688. The van der Waals surface area contributed by atoms with E-state index in [1.807, 2.05) is 0 Å². The molecule has 2 aliphatic rings. The van der Waals surface area contributed by atoms with Crippen LogP contribution in [0.15, 0.2) is 12.2 Å². The molecule has 0 aromatic heterocycles. The molecule has 2 aliphatic carbocycles. The number of hydrogen-bond acceptors (Lipinski definition) is 0. The lowest BCUT2D eigenvalue weighted by Gasteiger charge is -2.43. The van der Waals surface area contributed by atoms with Gasteiger partial charge in [0.15, 0.2) is 0 Å². The average molecular weight is 150 g/mol. The van der Waals surface area contributed by atoms with Gasteiger partial charge >= 0.3 is 0 Å². The van der Waals surface area contributed by atoms with E-state index in [0.717, 1.165) is 5.92 Å². The average Bonchev–Trinajstić information content (AvgIpc) is 2.03. The van der Waals surface area contributed by atoms with E-state index < -0.39 is 0 Å². The van der Waals surface area contributed by atoms with E-state index in [2.05, 4.69) is 19.1 Å². The molecule has 0 unspecified atom stereocenters. The van der Waals surface area contributed by atoms with Gasteiger partial charge in [0.05, 0.1) is 0 Å². The van der Waals surface area contributed by atoms with E-state index in [1.165, 1.54) is 38.5 Å². The van der Waals surface area contributed by atoms with Crippen molar-refractivity contribution in [2.75, 3.05) is 0 Å². The van der Waals surface area contributed by atoms with Gasteiger partial charge in [-0.05, 0) is 37.0 Å². The van der Waals surface area contributed by atoms with Crippen LogP contribution in [0.2, 0.25) is 0 Å². The molecule has 2 rings (SSSR count). The SMILES string of the molecule is C[C@@]12CC=CC[C@@H]1CCCC2. The zero-order chi connectivity index (χ0) is 7.73. The lowest BCUT2D eigenvalue weighted by molar-refractivity contribution is 0.113. The largest absolute Gasteiger partial charge is 0.0882 e. The third-order valence-corrected chi connectivity index (χ3v) is 3.71. The molecule has 0 aromatic carbocycles. The smallest absolute Gasteiger partial charge is 0.0260 e. The van der Waals surface area contributed by atoms with Crippen molar-refractivity contribution >= 4 is 0 Å². The van der Waals surface area contributed by atoms with Gasteiger partial charge in [0.25, 0.3) is 0 Å². The second-order valence-corrected chi connectivity index (χ2v) is 4.51.